The number of piperazine rings is 1. The van der Waals surface area contributed by atoms with Gasteiger partial charge in [0.25, 0.3) is 0 Å². The minimum atomic E-state index is 0.820. The molecule has 1 aliphatic heterocycles. The van der Waals surface area contributed by atoms with E-state index in [1.54, 1.807) is 12.4 Å². The van der Waals surface area contributed by atoms with Crippen LogP contribution in [-0.4, -0.2) is 73.2 Å². The maximum atomic E-state index is 4.62. The molecule has 8 nitrogen and oxygen atoms in total. The van der Waals surface area contributed by atoms with Gasteiger partial charge in [0, 0.05) is 66.5 Å². The van der Waals surface area contributed by atoms with E-state index in [2.05, 4.69) is 78.2 Å². The molecule has 4 aromatic rings. The fourth-order valence-electron chi connectivity index (χ4n) is 4.26. The second kappa shape index (κ2) is 8.99. The van der Waals surface area contributed by atoms with Crippen molar-refractivity contribution in [2.75, 3.05) is 33.2 Å². The molecule has 2 N–H and O–H groups in total. The van der Waals surface area contributed by atoms with Crippen LogP contribution in [0.4, 0.5) is 0 Å². The highest BCUT2D eigenvalue weighted by atomic mass is 15.3. The lowest BCUT2D eigenvalue weighted by atomic mass is 10.1. The lowest BCUT2D eigenvalue weighted by Crippen LogP contribution is -2.43. The Balaban J connectivity index is 1.55. The zero-order chi connectivity index (χ0) is 22.8. The van der Waals surface area contributed by atoms with Gasteiger partial charge in [0.2, 0.25) is 0 Å². The summed E-state index contributed by atoms with van der Waals surface area (Å²) < 4.78 is 0. The maximum absolute atomic E-state index is 4.62. The molecule has 0 unspecified atom stereocenters. The monoisotopic (exact) mass is 440 g/mol. The molecule has 0 aliphatic carbocycles. The summed E-state index contributed by atoms with van der Waals surface area (Å²) in [5.74, 6) is 0. The molecule has 5 rings (SSSR count). The van der Waals surface area contributed by atoms with Crippen LogP contribution in [0.25, 0.3) is 39.2 Å². The molecular formula is C25H28N8. The molecule has 1 aliphatic rings. The molecule has 0 amide bonds. The van der Waals surface area contributed by atoms with Gasteiger partial charge in [0.05, 0.1) is 23.1 Å². The number of nitrogens with zero attached hydrogens (tertiary/aromatic N) is 6. The van der Waals surface area contributed by atoms with Gasteiger partial charge in [-0.2, -0.15) is 5.10 Å². The normalized spacial score (nSPS) is 15.7. The van der Waals surface area contributed by atoms with Crippen molar-refractivity contribution in [3.63, 3.8) is 0 Å². The Morgan fingerprint density at radius 3 is 2.61 bits per heavy atom. The van der Waals surface area contributed by atoms with Crippen molar-refractivity contribution >= 4 is 16.6 Å². The number of aromatic nitrogens is 6. The molecule has 0 spiro atoms. The van der Waals surface area contributed by atoms with Crippen LogP contribution in [0.5, 0.6) is 0 Å². The van der Waals surface area contributed by atoms with Gasteiger partial charge < -0.3 is 14.8 Å². The SMILES string of the molecule is C/C=C\C=C(/c1cc(-c2n[nH]c3cnc(-c4cncnc4)cc23)[nH]c1C)N1CCN(C)CC1. The van der Waals surface area contributed by atoms with Crippen LogP contribution < -0.4 is 0 Å². The molecule has 168 valence electrons. The summed E-state index contributed by atoms with van der Waals surface area (Å²) in [6, 6.07) is 4.25. The first-order chi connectivity index (χ1) is 16.1. The summed E-state index contributed by atoms with van der Waals surface area (Å²) in [5, 5.41) is 8.75. The van der Waals surface area contributed by atoms with Gasteiger partial charge in [-0.1, -0.05) is 12.2 Å². The minimum Gasteiger partial charge on any atom is -0.368 e. The zero-order valence-corrected chi connectivity index (χ0v) is 19.2. The summed E-state index contributed by atoms with van der Waals surface area (Å²) >= 11 is 0. The Labute approximate surface area is 193 Å². The standard InChI is InChI=1S/C25H28N8/c1-4-5-6-24(33-9-7-32(3)8-10-33)19-11-22(29-17(19)2)25-20-12-21(18-13-26-16-27-14-18)28-15-23(20)30-31-25/h4-6,11-16,29H,7-10H2,1-3H3,(H,30,31)/b5-4-,24-6+. The van der Waals surface area contributed by atoms with Crippen molar-refractivity contribution in [3.8, 4) is 22.6 Å². The Morgan fingerprint density at radius 1 is 1.06 bits per heavy atom. The first kappa shape index (κ1) is 21.1. The van der Waals surface area contributed by atoms with Crippen molar-refractivity contribution in [1.29, 1.82) is 0 Å². The molecule has 1 fully saturated rings. The van der Waals surface area contributed by atoms with Gasteiger partial charge in [-0.3, -0.25) is 10.1 Å². The van der Waals surface area contributed by atoms with E-state index in [0.29, 0.717) is 0 Å². The number of rotatable bonds is 5. The van der Waals surface area contributed by atoms with E-state index in [9.17, 15) is 0 Å². The first-order valence-corrected chi connectivity index (χ1v) is 11.2. The van der Waals surface area contributed by atoms with Gasteiger partial charge in [-0.25, -0.2) is 9.97 Å². The Kier molecular flexibility index (Phi) is 5.75. The molecular weight excluding hydrogens is 412 g/mol. The van der Waals surface area contributed by atoms with Crippen LogP contribution in [-0.2, 0) is 0 Å². The van der Waals surface area contributed by atoms with Crippen LogP contribution in [0, 0.1) is 6.92 Å². The highest BCUT2D eigenvalue weighted by molar-refractivity contribution is 5.94. The van der Waals surface area contributed by atoms with Crippen molar-refractivity contribution in [2.45, 2.75) is 13.8 Å². The number of pyridine rings is 1. The van der Waals surface area contributed by atoms with Crippen LogP contribution in [0.15, 0.2) is 55.3 Å². The van der Waals surface area contributed by atoms with Gasteiger partial charge in [-0.05, 0) is 39.1 Å². The zero-order valence-electron chi connectivity index (χ0n) is 19.2. The average Bonchev–Trinajstić information content (AvgIpc) is 3.44. The van der Waals surface area contributed by atoms with Crippen molar-refractivity contribution in [3.05, 3.63) is 66.5 Å². The molecule has 0 aromatic carbocycles. The first-order valence-electron chi connectivity index (χ1n) is 11.2. The molecule has 33 heavy (non-hydrogen) atoms. The fourth-order valence-corrected chi connectivity index (χ4v) is 4.26. The number of likely N-dealkylation sites (N-methyl/N-ethyl adjacent to an activating group) is 1. The predicted octanol–water partition coefficient (Wildman–Crippen LogP) is 3.88. The number of H-pyrrole nitrogens is 2. The number of allylic oxidation sites excluding steroid dienone is 3. The van der Waals surface area contributed by atoms with Crippen LogP contribution in [0.1, 0.15) is 18.2 Å². The lowest BCUT2D eigenvalue weighted by Gasteiger charge is -2.35. The number of fused-ring (bicyclic) bond motifs is 1. The smallest absolute Gasteiger partial charge is 0.116 e. The molecule has 0 saturated carbocycles. The Bertz CT molecular complexity index is 1310. The number of aryl methyl sites for hydroxylation is 1. The summed E-state index contributed by atoms with van der Waals surface area (Å²) in [4.78, 5) is 21.2. The summed E-state index contributed by atoms with van der Waals surface area (Å²) in [6.07, 6.45) is 13.3. The number of hydrogen-bond acceptors (Lipinski definition) is 6. The predicted molar refractivity (Wildman–Crippen MR) is 131 cm³/mol. The van der Waals surface area contributed by atoms with Gasteiger partial charge in [-0.15, -0.1) is 0 Å². The number of hydrogen-bond donors (Lipinski definition) is 2. The Hall–Kier alpha value is -3.78. The van der Waals surface area contributed by atoms with E-state index in [4.69, 9.17) is 0 Å². The molecule has 0 radical (unpaired) electrons. The average molecular weight is 441 g/mol. The summed E-state index contributed by atoms with van der Waals surface area (Å²) in [7, 11) is 2.18. The second-order valence-electron chi connectivity index (χ2n) is 8.40. The van der Waals surface area contributed by atoms with E-state index in [0.717, 1.165) is 65.4 Å². The highest BCUT2D eigenvalue weighted by Crippen LogP contribution is 2.32. The van der Waals surface area contributed by atoms with E-state index < -0.39 is 0 Å². The molecule has 8 heteroatoms. The third-order valence-corrected chi connectivity index (χ3v) is 6.14. The largest absolute Gasteiger partial charge is 0.368 e. The molecule has 5 heterocycles. The van der Waals surface area contributed by atoms with Crippen molar-refractivity contribution < 1.29 is 0 Å². The molecule has 0 bridgehead atoms. The third kappa shape index (κ3) is 4.17. The van der Waals surface area contributed by atoms with Crippen LogP contribution >= 0.6 is 0 Å². The topological polar surface area (TPSA) is 89.6 Å². The van der Waals surface area contributed by atoms with Crippen molar-refractivity contribution in [1.82, 2.24) is 39.9 Å². The molecule has 4 aromatic heterocycles. The van der Waals surface area contributed by atoms with E-state index in [1.807, 2.05) is 19.2 Å². The molecule has 0 atom stereocenters. The number of nitrogens with one attached hydrogen (secondary N) is 2. The van der Waals surface area contributed by atoms with Crippen LogP contribution in [0.2, 0.25) is 0 Å². The maximum Gasteiger partial charge on any atom is 0.116 e. The van der Waals surface area contributed by atoms with Crippen LogP contribution in [0.3, 0.4) is 0 Å². The van der Waals surface area contributed by atoms with E-state index in [-0.39, 0.29) is 0 Å². The minimum absolute atomic E-state index is 0.820. The summed E-state index contributed by atoms with van der Waals surface area (Å²) in [5.41, 5.74) is 8.02. The van der Waals surface area contributed by atoms with E-state index in [1.165, 1.54) is 17.6 Å². The third-order valence-electron chi connectivity index (χ3n) is 6.14. The highest BCUT2D eigenvalue weighted by Gasteiger charge is 2.21. The summed E-state index contributed by atoms with van der Waals surface area (Å²) in [6.45, 7) is 8.33. The molecule has 1 saturated heterocycles. The Morgan fingerprint density at radius 2 is 1.85 bits per heavy atom. The quantitative estimate of drug-likeness (QED) is 0.458. The van der Waals surface area contributed by atoms with Gasteiger partial charge in [0.15, 0.2) is 0 Å². The fraction of sp³-hybridized carbons (Fsp3) is 0.280. The second-order valence-corrected chi connectivity index (χ2v) is 8.40. The van der Waals surface area contributed by atoms with Gasteiger partial charge in [0.1, 0.15) is 12.0 Å². The lowest BCUT2D eigenvalue weighted by molar-refractivity contribution is 0.207. The van der Waals surface area contributed by atoms with Crippen molar-refractivity contribution in [2.24, 2.45) is 0 Å². The van der Waals surface area contributed by atoms with E-state index >= 15 is 0 Å². The number of aromatic amines is 2. The van der Waals surface area contributed by atoms with Gasteiger partial charge >= 0.3 is 0 Å².